The molecular formula is C7H11F2NO3. The normalized spacial score (nSPS) is 22.2. The van der Waals surface area contributed by atoms with Gasteiger partial charge >= 0.3 is 5.97 Å². The first-order chi connectivity index (χ1) is 6.20. The molecule has 0 aromatic rings. The smallest absolute Gasteiger partial charge is 0.304 e. The molecule has 0 spiro atoms. The van der Waals surface area contributed by atoms with Crippen molar-refractivity contribution < 1.29 is 23.4 Å². The van der Waals surface area contributed by atoms with Crippen LogP contribution >= 0.6 is 0 Å². The van der Waals surface area contributed by atoms with Gasteiger partial charge in [0.2, 0.25) is 0 Å². The van der Waals surface area contributed by atoms with Gasteiger partial charge in [0.1, 0.15) is 6.04 Å². The van der Waals surface area contributed by atoms with E-state index >= 15 is 0 Å². The molecule has 1 aliphatic rings. The summed E-state index contributed by atoms with van der Waals surface area (Å²) in [6, 6.07) is -0.405. The molecule has 4 nitrogen and oxygen atoms in total. The fourth-order valence-electron chi connectivity index (χ4n) is 1.09. The maximum Gasteiger partial charge on any atom is 0.359 e. The molecule has 6 heteroatoms. The predicted molar refractivity (Wildman–Crippen MR) is 39.1 cm³/mol. The molecule has 0 radical (unpaired) electrons. The highest BCUT2D eigenvalue weighted by atomic mass is 19.3. The Bertz CT molecular complexity index is 171. The number of hydrogen-bond donors (Lipinski definition) is 1. The number of halogens is 2. The van der Waals surface area contributed by atoms with Crippen molar-refractivity contribution in [3.05, 3.63) is 0 Å². The summed E-state index contributed by atoms with van der Waals surface area (Å²) in [5.41, 5.74) is 0. The molecule has 0 aromatic carbocycles. The first kappa shape index (κ1) is 10.3. The minimum atomic E-state index is -2.62. The minimum Gasteiger partial charge on any atom is -0.304 e. The molecule has 1 N–H and O–H groups in total. The van der Waals surface area contributed by atoms with Crippen LogP contribution in [0.2, 0.25) is 0 Å². The van der Waals surface area contributed by atoms with Crippen LogP contribution < -0.4 is 5.32 Å². The third kappa shape index (κ3) is 3.65. The summed E-state index contributed by atoms with van der Waals surface area (Å²) in [5.74, 6) is -0.627. The van der Waals surface area contributed by atoms with E-state index in [1.165, 1.54) is 0 Å². The average Bonchev–Trinajstić information content (AvgIpc) is 2.55. The van der Waals surface area contributed by atoms with Crippen LogP contribution in [0.15, 0.2) is 0 Å². The highest BCUT2D eigenvalue weighted by Gasteiger charge is 2.24. The van der Waals surface area contributed by atoms with Crippen molar-refractivity contribution in [1.29, 1.82) is 0 Å². The van der Waals surface area contributed by atoms with Crippen LogP contribution in [0.5, 0.6) is 0 Å². The van der Waals surface area contributed by atoms with Crippen LogP contribution in [-0.4, -0.2) is 31.6 Å². The minimum absolute atomic E-state index is 0.405. The van der Waals surface area contributed by atoms with Crippen molar-refractivity contribution in [2.45, 2.75) is 25.3 Å². The van der Waals surface area contributed by atoms with Crippen molar-refractivity contribution in [2.24, 2.45) is 0 Å². The summed E-state index contributed by atoms with van der Waals surface area (Å²) >= 11 is 0. The van der Waals surface area contributed by atoms with Crippen LogP contribution in [0.4, 0.5) is 8.78 Å². The van der Waals surface area contributed by atoms with Crippen molar-refractivity contribution in [1.82, 2.24) is 5.32 Å². The molecule has 0 bridgehead atoms. The van der Waals surface area contributed by atoms with E-state index in [4.69, 9.17) is 0 Å². The Kier molecular flexibility index (Phi) is 4.04. The fourth-order valence-corrected chi connectivity index (χ4v) is 1.09. The lowest BCUT2D eigenvalue weighted by molar-refractivity contribution is -0.285. The molecule has 13 heavy (non-hydrogen) atoms. The summed E-state index contributed by atoms with van der Waals surface area (Å²) in [7, 11) is 0. The Morgan fingerprint density at radius 1 is 1.62 bits per heavy atom. The standard InChI is InChI=1S/C7H11F2NO3/c8-6(9)4-12-13-7(11)5-2-1-3-10-5/h5-6,10H,1-4H2. The lowest BCUT2D eigenvalue weighted by atomic mass is 10.2. The SMILES string of the molecule is O=C(OOCC(F)F)C1CCCN1. The second-order valence-corrected chi connectivity index (χ2v) is 2.73. The van der Waals surface area contributed by atoms with Gasteiger partial charge in [0.05, 0.1) is 0 Å². The van der Waals surface area contributed by atoms with Gasteiger partial charge in [-0.15, -0.1) is 0 Å². The Labute approximate surface area is 74.1 Å². The van der Waals surface area contributed by atoms with Crippen LogP contribution in [0.3, 0.4) is 0 Å². The fraction of sp³-hybridized carbons (Fsp3) is 0.857. The number of alkyl halides is 2. The summed E-state index contributed by atoms with van der Waals surface area (Å²) in [6.07, 6.45) is -1.07. The van der Waals surface area contributed by atoms with Crippen LogP contribution in [0.1, 0.15) is 12.8 Å². The van der Waals surface area contributed by atoms with Crippen LogP contribution in [-0.2, 0) is 14.6 Å². The van der Waals surface area contributed by atoms with Crippen LogP contribution in [0.25, 0.3) is 0 Å². The molecule has 1 unspecified atom stereocenters. The zero-order valence-corrected chi connectivity index (χ0v) is 6.96. The predicted octanol–water partition coefficient (Wildman–Crippen LogP) is 0.478. The van der Waals surface area contributed by atoms with Gasteiger partial charge in [-0.2, -0.15) is 4.89 Å². The van der Waals surface area contributed by atoms with Crippen molar-refractivity contribution in [2.75, 3.05) is 13.2 Å². The maximum atomic E-state index is 11.5. The van der Waals surface area contributed by atoms with Gasteiger partial charge in [-0.1, -0.05) is 0 Å². The van der Waals surface area contributed by atoms with E-state index < -0.39 is 25.0 Å². The van der Waals surface area contributed by atoms with E-state index in [0.717, 1.165) is 13.0 Å². The van der Waals surface area contributed by atoms with Gasteiger partial charge in [-0.25, -0.2) is 13.6 Å². The Hall–Kier alpha value is -0.750. The van der Waals surface area contributed by atoms with Gasteiger partial charge in [0.25, 0.3) is 6.43 Å². The maximum absolute atomic E-state index is 11.5. The monoisotopic (exact) mass is 195 g/mol. The lowest BCUT2D eigenvalue weighted by Crippen LogP contribution is -2.32. The quantitative estimate of drug-likeness (QED) is 0.523. The van der Waals surface area contributed by atoms with Gasteiger partial charge < -0.3 is 5.32 Å². The molecule has 0 amide bonds. The third-order valence-corrected chi connectivity index (χ3v) is 1.68. The number of carbonyl (C=O) groups is 1. The molecule has 1 atom stereocenters. The number of carbonyl (C=O) groups excluding carboxylic acids is 1. The van der Waals surface area contributed by atoms with Crippen molar-refractivity contribution >= 4 is 5.97 Å². The lowest BCUT2D eigenvalue weighted by Gasteiger charge is -2.07. The number of rotatable bonds is 4. The van der Waals surface area contributed by atoms with E-state index in [9.17, 15) is 13.6 Å². The molecule has 1 heterocycles. The molecular weight excluding hydrogens is 184 g/mol. The highest BCUT2D eigenvalue weighted by molar-refractivity contribution is 5.75. The average molecular weight is 195 g/mol. The molecule has 1 aliphatic heterocycles. The summed E-state index contributed by atoms with van der Waals surface area (Å²) in [4.78, 5) is 19.2. The molecule has 76 valence electrons. The van der Waals surface area contributed by atoms with Crippen molar-refractivity contribution in [3.63, 3.8) is 0 Å². The first-order valence-corrected chi connectivity index (χ1v) is 4.05. The van der Waals surface area contributed by atoms with Gasteiger partial charge in [-0.3, -0.25) is 4.89 Å². The topological polar surface area (TPSA) is 47.6 Å². The number of nitrogens with one attached hydrogen (secondary N) is 1. The first-order valence-electron chi connectivity index (χ1n) is 4.05. The zero-order valence-electron chi connectivity index (χ0n) is 6.96. The summed E-state index contributed by atoms with van der Waals surface area (Å²) in [6.45, 7) is -0.132. The van der Waals surface area contributed by atoms with E-state index in [1.54, 1.807) is 0 Å². The molecule has 1 rings (SSSR count). The largest absolute Gasteiger partial charge is 0.359 e. The van der Waals surface area contributed by atoms with E-state index in [-0.39, 0.29) is 0 Å². The Morgan fingerprint density at radius 3 is 2.92 bits per heavy atom. The Morgan fingerprint density at radius 2 is 2.38 bits per heavy atom. The van der Waals surface area contributed by atoms with Gasteiger partial charge in [-0.05, 0) is 19.4 Å². The zero-order chi connectivity index (χ0) is 9.68. The molecule has 0 aromatic heterocycles. The van der Waals surface area contributed by atoms with E-state index in [2.05, 4.69) is 15.1 Å². The second kappa shape index (κ2) is 5.08. The molecule has 0 saturated carbocycles. The number of hydrogen-bond acceptors (Lipinski definition) is 4. The molecule has 1 fully saturated rings. The van der Waals surface area contributed by atoms with Gasteiger partial charge in [0.15, 0.2) is 6.61 Å². The molecule has 0 aliphatic carbocycles. The van der Waals surface area contributed by atoms with Crippen molar-refractivity contribution in [3.8, 4) is 0 Å². The Balaban J connectivity index is 2.10. The highest BCUT2D eigenvalue weighted by Crippen LogP contribution is 2.06. The summed E-state index contributed by atoms with van der Waals surface area (Å²) in [5, 5.41) is 2.85. The molecule has 1 saturated heterocycles. The van der Waals surface area contributed by atoms with E-state index in [1.807, 2.05) is 0 Å². The summed E-state index contributed by atoms with van der Waals surface area (Å²) < 4.78 is 23.1. The second-order valence-electron chi connectivity index (χ2n) is 2.73. The van der Waals surface area contributed by atoms with Gasteiger partial charge in [0, 0.05) is 0 Å². The third-order valence-electron chi connectivity index (χ3n) is 1.68. The van der Waals surface area contributed by atoms with Crippen LogP contribution in [0, 0.1) is 0 Å². The van der Waals surface area contributed by atoms with E-state index in [0.29, 0.717) is 6.42 Å².